The summed E-state index contributed by atoms with van der Waals surface area (Å²) in [5, 5.41) is 6.09. The number of anilines is 1. The van der Waals surface area contributed by atoms with Gasteiger partial charge < -0.3 is 15.2 Å². The molecule has 4 rings (SSSR count). The highest BCUT2D eigenvalue weighted by Gasteiger charge is 2.31. The van der Waals surface area contributed by atoms with Crippen LogP contribution in [-0.4, -0.2) is 27.4 Å². The van der Waals surface area contributed by atoms with Gasteiger partial charge in [-0.05, 0) is 56.1 Å². The first-order valence-electron chi connectivity index (χ1n) is 10.3. The van der Waals surface area contributed by atoms with E-state index in [-0.39, 0.29) is 17.9 Å². The van der Waals surface area contributed by atoms with Gasteiger partial charge in [-0.15, -0.1) is 0 Å². The van der Waals surface area contributed by atoms with Crippen LogP contribution in [0.5, 0.6) is 0 Å². The van der Waals surface area contributed by atoms with Crippen LogP contribution in [0, 0.1) is 6.92 Å². The Hall–Kier alpha value is -2.63. The smallest absolute Gasteiger partial charge is 0.291 e. The van der Waals surface area contributed by atoms with Gasteiger partial charge in [-0.2, -0.15) is 0 Å². The molecule has 2 aliphatic rings. The SMILES string of the molecule is Cc1cccc(C(C)C)c1NC(=O)c1nc(C(=O)NC2CC2)c2n1CCCC2. The van der Waals surface area contributed by atoms with Crippen LogP contribution in [0.25, 0.3) is 0 Å². The van der Waals surface area contributed by atoms with Gasteiger partial charge in [-0.3, -0.25) is 9.59 Å². The Morgan fingerprint density at radius 2 is 1.96 bits per heavy atom. The van der Waals surface area contributed by atoms with Crippen LogP contribution in [0.1, 0.15) is 83.4 Å². The number of hydrogen-bond donors (Lipinski definition) is 2. The summed E-state index contributed by atoms with van der Waals surface area (Å²) < 4.78 is 1.94. The second kappa shape index (κ2) is 7.41. The van der Waals surface area contributed by atoms with E-state index in [1.54, 1.807) is 0 Å². The summed E-state index contributed by atoms with van der Waals surface area (Å²) in [4.78, 5) is 30.3. The number of nitrogens with one attached hydrogen (secondary N) is 2. The molecule has 1 fully saturated rings. The van der Waals surface area contributed by atoms with Crippen molar-refractivity contribution in [2.24, 2.45) is 0 Å². The summed E-state index contributed by atoms with van der Waals surface area (Å²) in [6.07, 6.45) is 4.86. The first-order chi connectivity index (χ1) is 13.5. The molecule has 1 aromatic heterocycles. The number of carbonyl (C=O) groups excluding carboxylic acids is 2. The maximum atomic E-state index is 13.2. The fourth-order valence-corrected chi connectivity index (χ4v) is 3.89. The van der Waals surface area contributed by atoms with Crippen molar-refractivity contribution in [2.75, 3.05) is 5.32 Å². The predicted octanol–water partition coefficient (Wildman–Crippen LogP) is 3.80. The molecule has 6 heteroatoms. The normalized spacial score (nSPS) is 16.0. The van der Waals surface area contributed by atoms with Crippen LogP contribution < -0.4 is 10.6 Å². The molecule has 28 heavy (non-hydrogen) atoms. The summed E-state index contributed by atoms with van der Waals surface area (Å²) in [7, 11) is 0. The Kier molecular flexibility index (Phi) is 4.96. The van der Waals surface area contributed by atoms with Crippen molar-refractivity contribution >= 4 is 17.5 Å². The number of amides is 2. The molecular weight excluding hydrogens is 352 g/mol. The van der Waals surface area contributed by atoms with Crippen molar-refractivity contribution in [2.45, 2.75) is 71.4 Å². The fourth-order valence-electron chi connectivity index (χ4n) is 3.89. The van der Waals surface area contributed by atoms with E-state index in [0.29, 0.717) is 17.4 Å². The number of carbonyl (C=O) groups is 2. The van der Waals surface area contributed by atoms with Crippen LogP contribution in [0.15, 0.2) is 18.2 Å². The van der Waals surface area contributed by atoms with Gasteiger partial charge in [0.05, 0.1) is 5.69 Å². The summed E-state index contributed by atoms with van der Waals surface area (Å²) in [5.41, 5.74) is 4.29. The molecule has 2 heterocycles. The summed E-state index contributed by atoms with van der Waals surface area (Å²) in [6, 6.07) is 6.32. The highest BCUT2D eigenvalue weighted by atomic mass is 16.2. The van der Waals surface area contributed by atoms with Crippen LogP contribution in [0.2, 0.25) is 0 Å². The number of para-hydroxylation sites is 1. The monoisotopic (exact) mass is 380 g/mol. The standard InChI is InChI=1S/C22H28N4O2/c1-13(2)16-8-6-7-14(3)18(16)25-22(28)20-24-19(21(27)23-15-10-11-15)17-9-4-5-12-26(17)20/h6-8,13,15H,4-5,9-12H2,1-3H3,(H,23,27)(H,25,28). The number of rotatable bonds is 5. The molecule has 0 bridgehead atoms. The lowest BCUT2D eigenvalue weighted by atomic mass is 9.98. The van der Waals surface area contributed by atoms with Crippen molar-refractivity contribution < 1.29 is 9.59 Å². The Morgan fingerprint density at radius 1 is 1.18 bits per heavy atom. The number of aryl methyl sites for hydroxylation is 1. The third kappa shape index (κ3) is 3.55. The van der Waals surface area contributed by atoms with Crippen LogP contribution >= 0.6 is 0 Å². The molecule has 2 N–H and O–H groups in total. The molecule has 0 spiro atoms. The molecule has 1 aromatic carbocycles. The predicted molar refractivity (Wildman–Crippen MR) is 109 cm³/mol. The topological polar surface area (TPSA) is 76.0 Å². The molecule has 0 saturated heterocycles. The van der Waals surface area contributed by atoms with Gasteiger partial charge in [-0.25, -0.2) is 4.98 Å². The minimum absolute atomic E-state index is 0.147. The van der Waals surface area contributed by atoms with E-state index in [0.717, 1.165) is 61.2 Å². The first kappa shape index (κ1) is 18.7. The van der Waals surface area contributed by atoms with Crippen molar-refractivity contribution in [1.82, 2.24) is 14.9 Å². The minimum atomic E-state index is -0.246. The van der Waals surface area contributed by atoms with Crippen molar-refractivity contribution in [1.29, 1.82) is 0 Å². The molecular formula is C22H28N4O2. The lowest BCUT2D eigenvalue weighted by Crippen LogP contribution is -2.27. The second-order valence-electron chi connectivity index (χ2n) is 8.24. The molecule has 0 unspecified atom stereocenters. The van der Waals surface area contributed by atoms with Gasteiger partial charge in [0.25, 0.3) is 11.8 Å². The average Bonchev–Trinajstić information content (AvgIpc) is 3.39. The second-order valence-corrected chi connectivity index (χ2v) is 8.24. The lowest BCUT2D eigenvalue weighted by Gasteiger charge is -2.19. The number of benzene rings is 1. The van der Waals surface area contributed by atoms with Crippen molar-refractivity contribution in [3.05, 3.63) is 46.5 Å². The van der Waals surface area contributed by atoms with Gasteiger partial charge in [0.2, 0.25) is 0 Å². The average molecular weight is 380 g/mol. The van der Waals surface area contributed by atoms with E-state index in [1.807, 2.05) is 29.7 Å². The fraction of sp³-hybridized carbons (Fsp3) is 0.500. The van der Waals surface area contributed by atoms with Gasteiger partial charge >= 0.3 is 0 Å². The number of aromatic nitrogens is 2. The molecule has 148 valence electrons. The maximum absolute atomic E-state index is 13.2. The number of nitrogens with zero attached hydrogens (tertiary/aromatic N) is 2. The zero-order valence-electron chi connectivity index (χ0n) is 16.8. The molecule has 2 aromatic rings. The van der Waals surface area contributed by atoms with E-state index in [9.17, 15) is 9.59 Å². The maximum Gasteiger partial charge on any atom is 0.291 e. The highest BCUT2D eigenvalue weighted by Crippen LogP contribution is 2.29. The van der Waals surface area contributed by atoms with Crippen LogP contribution in [0.4, 0.5) is 5.69 Å². The van der Waals surface area contributed by atoms with E-state index >= 15 is 0 Å². The third-order valence-corrected chi connectivity index (χ3v) is 5.61. The van der Waals surface area contributed by atoms with Crippen LogP contribution in [0.3, 0.4) is 0 Å². The number of hydrogen-bond acceptors (Lipinski definition) is 3. The molecule has 1 aliphatic heterocycles. The zero-order valence-corrected chi connectivity index (χ0v) is 16.8. The van der Waals surface area contributed by atoms with Crippen LogP contribution in [-0.2, 0) is 13.0 Å². The lowest BCUT2D eigenvalue weighted by molar-refractivity contribution is 0.0945. The first-order valence-corrected chi connectivity index (χ1v) is 10.3. The summed E-state index contributed by atoms with van der Waals surface area (Å²) >= 11 is 0. The highest BCUT2D eigenvalue weighted by molar-refractivity contribution is 6.04. The Morgan fingerprint density at radius 3 is 2.68 bits per heavy atom. The Balaban J connectivity index is 1.67. The quantitative estimate of drug-likeness (QED) is 0.828. The molecule has 2 amide bonds. The molecule has 1 saturated carbocycles. The number of fused-ring (bicyclic) bond motifs is 1. The summed E-state index contributed by atoms with van der Waals surface area (Å²) in [5.74, 6) is 0.244. The van der Waals surface area contributed by atoms with Gasteiger partial charge in [0, 0.05) is 18.3 Å². The van der Waals surface area contributed by atoms with E-state index < -0.39 is 0 Å². The minimum Gasteiger partial charge on any atom is -0.348 e. The van der Waals surface area contributed by atoms with E-state index in [1.165, 1.54) is 0 Å². The van der Waals surface area contributed by atoms with Gasteiger partial charge in [0.15, 0.2) is 5.82 Å². The Labute approximate surface area is 165 Å². The molecule has 6 nitrogen and oxygen atoms in total. The molecule has 0 atom stereocenters. The third-order valence-electron chi connectivity index (χ3n) is 5.61. The van der Waals surface area contributed by atoms with E-state index in [2.05, 4.69) is 29.5 Å². The van der Waals surface area contributed by atoms with Crippen molar-refractivity contribution in [3.8, 4) is 0 Å². The van der Waals surface area contributed by atoms with Crippen molar-refractivity contribution in [3.63, 3.8) is 0 Å². The Bertz CT molecular complexity index is 925. The summed E-state index contributed by atoms with van der Waals surface area (Å²) in [6.45, 7) is 6.95. The van der Waals surface area contributed by atoms with Gasteiger partial charge in [0.1, 0.15) is 5.69 Å². The molecule has 0 radical (unpaired) electrons. The largest absolute Gasteiger partial charge is 0.348 e. The number of imidazole rings is 1. The van der Waals surface area contributed by atoms with E-state index in [4.69, 9.17) is 0 Å². The van der Waals surface area contributed by atoms with Gasteiger partial charge in [-0.1, -0.05) is 32.0 Å². The zero-order chi connectivity index (χ0) is 19.8. The molecule has 1 aliphatic carbocycles.